The molecule has 4 aromatic rings. The van der Waals surface area contributed by atoms with Crippen LogP contribution in [-0.2, 0) is 12.3 Å². The second kappa shape index (κ2) is 9.44. The molecular weight excluding hydrogens is 444 g/mol. The van der Waals surface area contributed by atoms with Crippen molar-refractivity contribution in [2.24, 2.45) is 0 Å². The minimum atomic E-state index is -0.191. The number of aromatic nitrogens is 5. The van der Waals surface area contributed by atoms with Crippen molar-refractivity contribution in [3.8, 4) is 5.69 Å². The smallest absolute Gasteiger partial charge is 0.258 e. The van der Waals surface area contributed by atoms with Crippen molar-refractivity contribution in [3.05, 3.63) is 75.6 Å². The Morgan fingerprint density at radius 2 is 1.84 bits per heavy atom. The van der Waals surface area contributed by atoms with E-state index in [1.165, 1.54) is 31.0 Å². The zero-order chi connectivity index (χ0) is 21.9. The quantitative estimate of drug-likeness (QED) is 0.423. The van der Waals surface area contributed by atoms with Gasteiger partial charge in [0.25, 0.3) is 5.56 Å². The summed E-state index contributed by atoms with van der Waals surface area (Å²) in [6, 6.07) is 15.3. The van der Waals surface area contributed by atoms with Crippen LogP contribution in [0.5, 0.6) is 0 Å². The number of para-hydroxylation sites is 1. The van der Waals surface area contributed by atoms with Gasteiger partial charge in [-0.15, -0.1) is 10.2 Å². The number of likely N-dealkylation sites (tertiary alicyclic amines) is 1. The molecule has 5 rings (SSSR count). The first kappa shape index (κ1) is 21.2. The van der Waals surface area contributed by atoms with E-state index in [1.807, 2.05) is 18.2 Å². The largest absolute Gasteiger partial charge is 0.309 e. The van der Waals surface area contributed by atoms with E-state index in [2.05, 4.69) is 41.8 Å². The Morgan fingerprint density at radius 3 is 2.66 bits per heavy atom. The van der Waals surface area contributed by atoms with Crippen LogP contribution in [0.15, 0.2) is 58.5 Å². The van der Waals surface area contributed by atoms with Gasteiger partial charge in [-0.2, -0.15) is 0 Å². The van der Waals surface area contributed by atoms with Crippen molar-refractivity contribution in [2.75, 3.05) is 13.1 Å². The third-order valence-corrected chi connectivity index (χ3v) is 6.76. The zero-order valence-corrected chi connectivity index (χ0v) is 19.1. The Balaban J connectivity index is 1.42. The average molecular weight is 467 g/mol. The lowest BCUT2D eigenvalue weighted by atomic mass is 10.1. The van der Waals surface area contributed by atoms with Crippen molar-refractivity contribution in [2.45, 2.75) is 36.7 Å². The number of benzene rings is 2. The molecule has 1 saturated heterocycles. The van der Waals surface area contributed by atoms with Crippen molar-refractivity contribution in [3.63, 3.8) is 0 Å². The highest BCUT2D eigenvalue weighted by atomic mass is 35.5. The van der Waals surface area contributed by atoms with Crippen LogP contribution in [0.3, 0.4) is 0 Å². The number of H-pyrrole nitrogens is 1. The van der Waals surface area contributed by atoms with Crippen LogP contribution < -0.4 is 5.56 Å². The minimum Gasteiger partial charge on any atom is -0.309 e. The first-order valence-electron chi connectivity index (χ1n) is 10.7. The highest BCUT2D eigenvalue weighted by molar-refractivity contribution is 7.98. The lowest BCUT2D eigenvalue weighted by molar-refractivity contribution is 0.214. The lowest BCUT2D eigenvalue weighted by Gasteiger charge is -2.26. The van der Waals surface area contributed by atoms with Crippen LogP contribution in [0.1, 0.15) is 30.9 Å². The summed E-state index contributed by atoms with van der Waals surface area (Å²) < 4.78 is 2.11. The molecule has 0 aliphatic carbocycles. The molecule has 9 heteroatoms. The van der Waals surface area contributed by atoms with Crippen LogP contribution in [0, 0.1) is 0 Å². The Kier molecular flexibility index (Phi) is 6.25. The summed E-state index contributed by atoms with van der Waals surface area (Å²) in [7, 11) is 0. The van der Waals surface area contributed by atoms with Gasteiger partial charge in [0.1, 0.15) is 5.82 Å². The number of halogens is 1. The molecule has 0 saturated carbocycles. The molecule has 1 N–H and O–H groups in total. The van der Waals surface area contributed by atoms with Gasteiger partial charge in [0.15, 0.2) is 11.0 Å². The Morgan fingerprint density at radius 1 is 1.03 bits per heavy atom. The van der Waals surface area contributed by atoms with E-state index in [0.29, 0.717) is 27.5 Å². The fourth-order valence-electron chi connectivity index (χ4n) is 4.01. The maximum Gasteiger partial charge on any atom is 0.258 e. The van der Waals surface area contributed by atoms with Crippen molar-refractivity contribution < 1.29 is 0 Å². The van der Waals surface area contributed by atoms with E-state index in [9.17, 15) is 4.79 Å². The molecule has 0 unspecified atom stereocenters. The third kappa shape index (κ3) is 4.57. The molecule has 2 aromatic heterocycles. The fourth-order valence-corrected chi connectivity index (χ4v) is 5.02. The van der Waals surface area contributed by atoms with Gasteiger partial charge in [0, 0.05) is 10.7 Å². The maximum atomic E-state index is 12.5. The van der Waals surface area contributed by atoms with Crippen molar-refractivity contribution >= 4 is 34.3 Å². The van der Waals surface area contributed by atoms with Crippen molar-refractivity contribution in [1.29, 1.82) is 0 Å². The fraction of sp³-hybridized carbons (Fsp3) is 0.304. The van der Waals surface area contributed by atoms with Crippen LogP contribution in [0.2, 0.25) is 5.02 Å². The van der Waals surface area contributed by atoms with E-state index in [4.69, 9.17) is 11.6 Å². The second-order valence-corrected chi connectivity index (χ2v) is 9.25. The average Bonchev–Trinajstić information content (AvgIpc) is 3.22. The summed E-state index contributed by atoms with van der Waals surface area (Å²) in [5.74, 6) is 1.99. The predicted molar refractivity (Wildman–Crippen MR) is 127 cm³/mol. The minimum absolute atomic E-state index is 0.191. The molecule has 1 aliphatic heterocycles. The molecule has 1 aliphatic rings. The van der Waals surface area contributed by atoms with Crippen LogP contribution in [0.4, 0.5) is 0 Å². The summed E-state index contributed by atoms with van der Waals surface area (Å²) in [5, 5.41) is 10.8. The number of thioether (sulfide) groups is 1. The van der Waals surface area contributed by atoms with E-state index >= 15 is 0 Å². The molecule has 1 fully saturated rings. The molecule has 0 atom stereocenters. The monoisotopic (exact) mass is 466 g/mol. The number of rotatable bonds is 6. The number of nitrogens with zero attached hydrogens (tertiary/aromatic N) is 5. The van der Waals surface area contributed by atoms with E-state index in [1.54, 1.807) is 18.2 Å². The Hall–Kier alpha value is -2.68. The molecule has 164 valence electrons. The van der Waals surface area contributed by atoms with Gasteiger partial charge in [-0.1, -0.05) is 48.0 Å². The molecule has 32 heavy (non-hydrogen) atoms. The number of nitrogens with one attached hydrogen (secondary N) is 1. The van der Waals surface area contributed by atoms with Gasteiger partial charge in [-0.25, -0.2) is 4.98 Å². The Labute approximate surface area is 194 Å². The molecule has 0 bridgehead atoms. The van der Waals surface area contributed by atoms with Gasteiger partial charge >= 0.3 is 0 Å². The van der Waals surface area contributed by atoms with Gasteiger partial charge in [-0.05, 0) is 56.3 Å². The molecule has 0 spiro atoms. The van der Waals surface area contributed by atoms with E-state index in [0.717, 1.165) is 36.3 Å². The number of fused-ring (bicyclic) bond motifs is 1. The van der Waals surface area contributed by atoms with Crippen LogP contribution in [0.25, 0.3) is 16.6 Å². The first-order chi connectivity index (χ1) is 15.7. The Bertz CT molecular complexity index is 1280. The highest BCUT2D eigenvalue weighted by Crippen LogP contribution is 2.26. The zero-order valence-electron chi connectivity index (χ0n) is 17.5. The lowest BCUT2D eigenvalue weighted by Crippen LogP contribution is -2.30. The summed E-state index contributed by atoms with van der Waals surface area (Å²) in [6.07, 6.45) is 3.76. The molecule has 0 amide bonds. The van der Waals surface area contributed by atoms with Crippen LogP contribution >= 0.6 is 23.4 Å². The summed E-state index contributed by atoms with van der Waals surface area (Å²) >= 11 is 7.52. The summed E-state index contributed by atoms with van der Waals surface area (Å²) in [5.41, 5.74) is 1.47. The van der Waals surface area contributed by atoms with Gasteiger partial charge in [-0.3, -0.25) is 14.3 Å². The topological polar surface area (TPSA) is 79.7 Å². The summed E-state index contributed by atoms with van der Waals surface area (Å²) in [6.45, 7) is 2.96. The number of aromatic amines is 1. The maximum absolute atomic E-state index is 12.5. The number of piperidine rings is 1. The van der Waals surface area contributed by atoms with Crippen molar-refractivity contribution in [1.82, 2.24) is 29.6 Å². The van der Waals surface area contributed by atoms with Gasteiger partial charge in [0.2, 0.25) is 0 Å². The summed E-state index contributed by atoms with van der Waals surface area (Å²) in [4.78, 5) is 22.4. The molecular formula is C23H23ClN6OS. The SMILES string of the molecule is O=c1[nH]c(CSc2nnc(CN3CCCCC3)n2-c2ccccc2)nc2ccc(Cl)cc12. The van der Waals surface area contributed by atoms with Crippen LogP contribution in [-0.4, -0.2) is 42.7 Å². The predicted octanol–water partition coefficient (Wildman–Crippen LogP) is 4.44. The highest BCUT2D eigenvalue weighted by Gasteiger charge is 2.19. The van der Waals surface area contributed by atoms with Gasteiger partial charge in [0.05, 0.1) is 23.2 Å². The van der Waals surface area contributed by atoms with E-state index in [-0.39, 0.29) is 5.56 Å². The molecule has 7 nitrogen and oxygen atoms in total. The van der Waals surface area contributed by atoms with Gasteiger partial charge < -0.3 is 4.98 Å². The standard InChI is InChI=1S/C23H23ClN6OS/c24-16-9-10-19-18(13-16)22(31)26-20(25-19)15-32-23-28-27-21(14-29-11-5-2-6-12-29)30(23)17-7-3-1-4-8-17/h1,3-4,7-10,13H,2,5-6,11-12,14-15H2,(H,25,26,31). The normalized spacial score (nSPS) is 14.8. The first-order valence-corrected chi connectivity index (χ1v) is 12.1. The molecule has 0 radical (unpaired) electrons. The number of hydrogen-bond donors (Lipinski definition) is 1. The molecule has 2 aromatic carbocycles. The van der Waals surface area contributed by atoms with E-state index < -0.39 is 0 Å². The number of hydrogen-bond acceptors (Lipinski definition) is 6. The molecule has 3 heterocycles. The second-order valence-electron chi connectivity index (χ2n) is 7.87. The third-order valence-electron chi connectivity index (χ3n) is 5.58.